The van der Waals surface area contributed by atoms with Crippen molar-refractivity contribution in [1.29, 1.82) is 0 Å². The van der Waals surface area contributed by atoms with E-state index in [1.807, 2.05) is 30.3 Å². The molecule has 0 amide bonds. The average Bonchev–Trinajstić information content (AvgIpc) is 2.80. The molecule has 0 bridgehead atoms. The number of benzene rings is 2. The highest BCUT2D eigenvalue weighted by molar-refractivity contribution is 5.94. The van der Waals surface area contributed by atoms with E-state index in [9.17, 15) is 13.9 Å². The number of nitrogens with zero attached hydrogens (tertiary/aromatic N) is 3. The zero-order valence-corrected chi connectivity index (χ0v) is 17.2. The topological polar surface area (TPSA) is 75.3 Å². The molecule has 5 nitrogen and oxygen atoms in total. The summed E-state index contributed by atoms with van der Waals surface area (Å²) >= 11 is 0. The monoisotopic (exact) mass is 432 g/mol. The number of anilines is 1. The van der Waals surface area contributed by atoms with Gasteiger partial charge in [-0.25, -0.2) is 13.8 Å². The van der Waals surface area contributed by atoms with Crippen LogP contribution in [-0.4, -0.2) is 40.3 Å². The van der Waals surface area contributed by atoms with Gasteiger partial charge in [0.05, 0.1) is 28.6 Å². The summed E-state index contributed by atoms with van der Waals surface area (Å²) in [5.41, 5.74) is 9.40. The first-order chi connectivity index (χ1) is 15.5. The summed E-state index contributed by atoms with van der Waals surface area (Å²) < 4.78 is 28.5. The first kappa shape index (κ1) is 20.5. The third kappa shape index (κ3) is 3.70. The summed E-state index contributed by atoms with van der Waals surface area (Å²) in [5.74, 6) is -1.30. The van der Waals surface area contributed by atoms with E-state index in [1.54, 1.807) is 18.3 Å². The highest BCUT2D eigenvalue weighted by atomic mass is 19.1. The van der Waals surface area contributed by atoms with Gasteiger partial charge in [-0.1, -0.05) is 18.2 Å². The minimum absolute atomic E-state index is 0.140. The van der Waals surface area contributed by atoms with Crippen molar-refractivity contribution in [3.63, 3.8) is 0 Å². The van der Waals surface area contributed by atoms with Gasteiger partial charge in [0.25, 0.3) is 0 Å². The molecule has 2 unspecified atom stereocenters. The van der Waals surface area contributed by atoms with Crippen LogP contribution >= 0.6 is 0 Å². The molecule has 0 saturated carbocycles. The Balaban J connectivity index is 1.57. The van der Waals surface area contributed by atoms with E-state index in [-0.39, 0.29) is 17.3 Å². The van der Waals surface area contributed by atoms with Gasteiger partial charge in [0.2, 0.25) is 0 Å². The third-order valence-corrected chi connectivity index (χ3v) is 5.94. The molecular weight excluding hydrogens is 410 g/mol. The molecular formula is C25H22F2N4O. The van der Waals surface area contributed by atoms with Crippen LogP contribution in [0.5, 0.6) is 0 Å². The molecule has 5 rings (SSSR count). The minimum Gasteiger partial charge on any atom is -0.391 e. The van der Waals surface area contributed by atoms with E-state index in [2.05, 4.69) is 14.9 Å². The Kier molecular flexibility index (Phi) is 5.28. The Labute approximate surface area is 184 Å². The van der Waals surface area contributed by atoms with Gasteiger partial charge in [-0.15, -0.1) is 0 Å². The van der Waals surface area contributed by atoms with Crippen molar-refractivity contribution in [1.82, 2.24) is 9.97 Å². The lowest BCUT2D eigenvalue weighted by atomic mass is 10.0. The number of fused-ring (bicyclic) bond motifs is 1. The number of rotatable bonds is 3. The normalized spacial score (nSPS) is 18.8. The van der Waals surface area contributed by atoms with E-state index < -0.39 is 17.7 Å². The Bertz CT molecular complexity index is 1280. The first-order valence-corrected chi connectivity index (χ1v) is 10.5. The number of hydrogen-bond donors (Lipinski definition) is 2. The molecule has 2 aromatic carbocycles. The van der Waals surface area contributed by atoms with Gasteiger partial charge >= 0.3 is 0 Å². The molecule has 2 atom stereocenters. The van der Waals surface area contributed by atoms with Gasteiger partial charge in [0, 0.05) is 42.0 Å². The second kappa shape index (κ2) is 8.26. The van der Waals surface area contributed by atoms with Crippen molar-refractivity contribution in [3.8, 4) is 22.5 Å². The number of piperidine rings is 1. The fourth-order valence-electron chi connectivity index (χ4n) is 4.23. The van der Waals surface area contributed by atoms with Crippen LogP contribution < -0.4 is 10.6 Å². The molecule has 7 heteroatoms. The maximum absolute atomic E-state index is 14.3. The van der Waals surface area contributed by atoms with E-state index >= 15 is 0 Å². The summed E-state index contributed by atoms with van der Waals surface area (Å²) in [5, 5.41) is 10.9. The lowest BCUT2D eigenvalue weighted by Gasteiger charge is -2.36. The van der Waals surface area contributed by atoms with Crippen LogP contribution in [0.2, 0.25) is 0 Å². The molecule has 3 heterocycles. The first-order valence-electron chi connectivity index (χ1n) is 10.5. The third-order valence-electron chi connectivity index (χ3n) is 5.94. The molecule has 1 saturated heterocycles. The average molecular weight is 432 g/mol. The van der Waals surface area contributed by atoms with Crippen LogP contribution in [0.3, 0.4) is 0 Å². The van der Waals surface area contributed by atoms with Crippen LogP contribution in [0.15, 0.2) is 66.9 Å². The van der Waals surface area contributed by atoms with Crippen molar-refractivity contribution in [2.24, 2.45) is 5.73 Å². The van der Waals surface area contributed by atoms with Crippen LogP contribution in [-0.2, 0) is 0 Å². The molecule has 1 aliphatic heterocycles. The number of aliphatic hydroxyl groups excluding tert-OH is 1. The summed E-state index contributed by atoms with van der Waals surface area (Å²) in [6.07, 6.45) is 1.86. The molecule has 3 N–H and O–H groups in total. The second-order valence-corrected chi connectivity index (χ2v) is 8.03. The van der Waals surface area contributed by atoms with E-state index in [0.29, 0.717) is 25.2 Å². The fourth-order valence-corrected chi connectivity index (χ4v) is 4.23. The van der Waals surface area contributed by atoms with Gasteiger partial charge in [-0.05, 0) is 48.9 Å². The standard InChI is InChI=1S/C25H22F2N4O/c26-17-3-1-4-18(27)25(17)22-6-2-5-20(30-22)15-7-8-21-16(13-15)23(9-11-29-21)31-12-10-24(32)19(28)14-31/h1-9,11,13,19,24,32H,10,12,14,28H2. The fraction of sp³-hybridized carbons (Fsp3) is 0.200. The predicted molar refractivity (Wildman–Crippen MR) is 121 cm³/mol. The van der Waals surface area contributed by atoms with Gasteiger partial charge in [0.15, 0.2) is 0 Å². The van der Waals surface area contributed by atoms with Gasteiger partial charge in [0.1, 0.15) is 11.6 Å². The molecule has 0 spiro atoms. The summed E-state index contributed by atoms with van der Waals surface area (Å²) in [4.78, 5) is 11.2. The van der Waals surface area contributed by atoms with Gasteiger partial charge in [-0.3, -0.25) is 4.98 Å². The Hall–Kier alpha value is -3.42. The molecule has 4 aromatic rings. The molecule has 162 valence electrons. The van der Waals surface area contributed by atoms with Crippen molar-refractivity contribution in [2.75, 3.05) is 18.0 Å². The van der Waals surface area contributed by atoms with E-state index in [4.69, 9.17) is 5.73 Å². The molecule has 0 aliphatic carbocycles. The number of pyridine rings is 2. The zero-order valence-electron chi connectivity index (χ0n) is 17.2. The van der Waals surface area contributed by atoms with Crippen LogP contribution in [0.1, 0.15) is 6.42 Å². The number of halogens is 2. The zero-order chi connectivity index (χ0) is 22.2. The van der Waals surface area contributed by atoms with Crippen LogP contribution in [0, 0.1) is 11.6 Å². The molecule has 32 heavy (non-hydrogen) atoms. The SMILES string of the molecule is NC1CN(c2ccnc3ccc(-c4cccc(-c5c(F)cccc5F)n4)cc23)CCC1O. The summed E-state index contributed by atoms with van der Waals surface area (Å²) in [6.45, 7) is 1.24. The maximum Gasteiger partial charge on any atom is 0.135 e. The Morgan fingerprint density at radius 1 is 0.969 bits per heavy atom. The van der Waals surface area contributed by atoms with Crippen molar-refractivity contribution < 1.29 is 13.9 Å². The highest BCUT2D eigenvalue weighted by Gasteiger charge is 2.26. The van der Waals surface area contributed by atoms with Crippen molar-refractivity contribution >= 4 is 16.6 Å². The van der Waals surface area contributed by atoms with Crippen molar-refractivity contribution in [3.05, 3.63) is 78.5 Å². The minimum atomic E-state index is -0.650. The number of aliphatic hydroxyl groups is 1. The van der Waals surface area contributed by atoms with Crippen molar-refractivity contribution in [2.45, 2.75) is 18.6 Å². The van der Waals surface area contributed by atoms with Crippen LogP contribution in [0.4, 0.5) is 14.5 Å². The number of aromatic nitrogens is 2. The number of hydrogen-bond acceptors (Lipinski definition) is 5. The lowest BCUT2D eigenvalue weighted by Crippen LogP contribution is -2.51. The Morgan fingerprint density at radius 3 is 2.50 bits per heavy atom. The second-order valence-electron chi connectivity index (χ2n) is 8.03. The number of nitrogens with two attached hydrogens (primary N) is 1. The smallest absolute Gasteiger partial charge is 0.135 e. The quantitative estimate of drug-likeness (QED) is 0.509. The Morgan fingerprint density at radius 2 is 1.72 bits per heavy atom. The summed E-state index contributed by atoms with van der Waals surface area (Å²) in [6, 6.07) is 16.3. The molecule has 1 aliphatic rings. The highest BCUT2D eigenvalue weighted by Crippen LogP contribution is 2.32. The molecule has 2 aromatic heterocycles. The largest absolute Gasteiger partial charge is 0.391 e. The van der Waals surface area contributed by atoms with E-state index in [1.165, 1.54) is 18.2 Å². The van der Waals surface area contributed by atoms with E-state index in [0.717, 1.165) is 22.2 Å². The summed E-state index contributed by atoms with van der Waals surface area (Å²) in [7, 11) is 0. The van der Waals surface area contributed by atoms with Gasteiger partial charge < -0.3 is 15.7 Å². The van der Waals surface area contributed by atoms with Crippen LogP contribution in [0.25, 0.3) is 33.4 Å². The lowest BCUT2D eigenvalue weighted by molar-refractivity contribution is 0.125. The van der Waals surface area contributed by atoms with Gasteiger partial charge in [-0.2, -0.15) is 0 Å². The predicted octanol–water partition coefficient (Wildman–Crippen LogP) is 4.14. The maximum atomic E-state index is 14.3. The molecule has 0 radical (unpaired) electrons. The molecule has 1 fully saturated rings.